The van der Waals surface area contributed by atoms with Crippen molar-refractivity contribution in [2.75, 3.05) is 13.1 Å². The van der Waals surface area contributed by atoms with E-state index in [9.17, 15) is 0 Å². The Balaban J connectivity index is 1.64. The zero-order valence-corrected chi connectivity index (χ0v) is 8.63. The van der Waals surface area contributed by atoms with Gasteiger partial charge in [-0.25, -0.2) is 0 Å². The summed E-state index contributed by atoms with van der Waals surface area (Å²) in [5, 5.41) is 3.54. The van der Waals surface area contributed by atoms with E-state index in [1.165, 1.54) is 32.2 Å². The number of rotatable bonds is 6. The van der Waals surface area contributed by atoms with Gasteiger partial charge in [0.25, 0.3) is 0 Å². The molecular formula is C12H21N. The van der Waals surface area contributed by atoms with Crippen LogP contribution in [0.5, 0.6) is 0 Å². The summed E-state index contributed by atoms with van der Waals surface area (Å²) < 4.78 is 0. The molecule has 13 heavy (non-hydrogen) atoms. The average molecular weight is 179 g/mol. The van der Waals surface area contributed by atoms with Crippen molar-refractivity contribution in [1.82, 2.24) is 5.32 Å². The van der Waals surface area contributed by atoms with E-state index < -0.39 is 0 Å². The molecule has 0 spiro atoms. The van der Waals surface area contributed by atoms with Crippen molar-refractivity contribution in [3.05, 3.63) is 12.2 Å². The first kappa shape index (κ1) is 9.26. The number of allylic oxidation sites excluding steroid dienone is 1. The highest BCUT2D eigenvalue weighted by molar-refractivity contribution is 4.93. The van der Waals surface area contributed by atoms with Crippen molar-refractivity contribution in [3.63, 3.8) is 0 Å². The highest BCUT2D eigenvalue weighted by Gasteiger charge is 2.40. The predicted molar refractivity (Wildman–Crippen MR) is 56.6 cm³/mol. The molecule has 2 aliphatic carbocycles. The van der Waals surface area contributed by atoms with Gasteiger partial charge in [-0.05, 0) is 56.9 Å². The lowest BCUT2D eigenvalue weighted by Gasteiger charge is -2.15. The highest BCUT2D eigenvalue weighted by Crippen LogP contribution is 2.48. The second kappa shape index (κ2) is 4.28. The van der Waals surface area contributed by atoms with Gasteiger partial charge in [-0.3, -0.25) is 0 Å². The van der Waals surface area contributed by atoms with Gasteiger partial charge in [0.05, 0.1) is 0 Å². The van der Waals surface area contributed by atoms with Crippen molar-refractivity contribution in [3.8, 4) is 0 Å². The molecule has 0 saturated heterocycles. The zero-order chi connectivity index (χ0) is 9.10. The molecule has 0 aromatic rings. The molecule has 0 bridgehead atoms. The Hall–Kier alpha value is -0.300. The van der Waals surface area contributed by atoms with Crippen LogP contribution < -0.4 is 5.32 Å². The van der Waals surface area contributed by atoms with E-state index in [0.717, 1.165) is 24.3 Å². The Morgan fingerprint density at radius 1 is 1.23 bits per heavy atom. The molecule has 0 aromatic heterocycles. The van der Waals surface area contributed by atoms with Gasteiger partial charge >= 0.3 is 0 Å². The van der Waals surface area contributed by atoms with E-state index in [4.69, 9.17) is 0 Å². The van der Waals surface area contributed by atoms with Gasteiger partial charge in [0.2, 0.25) is 0 Å². The minimum Gasteiger partial charge on any atom is -0.313 e. The minimum atomic E-state index is 1.02. The smallest absolute Gasteiger partial charge is 0.0134 e. The average Bonchev–Trinajstić information content (AvgIpc) is 2.99. The van der Waals surface area contributed by atoms with Crippen molar-refractivity contribution in [1.29, 1.82) is 0 Å². The highest BCUT2D eigenvalue weighted by atomic mass is 14.9. The van der Waals surface area contributed by atoms with E-state index in [1.54, 1.807) is 0 Å². The largest absolute Gasteiger partial charge is 0.313 e. The quantitative estimate of drug-likeness (QED) is 0.488. The molecule has 2 fully saturated rings. The summed E-state index contributed by atoms with van der Waals surface area (Å²) >= 11 is 0. The van der Waals surface area contributed by atoms with Crippen LogP contribution in [0.4, 0.5) is 0 Å². The van der Waals surface area contributed by atoms with Crippen LogP contribution in [0.25, 0.3) is 0 Å². The Labute approximate surface area is 81.6 Å². The monoisotopic (exact) mass is 179 g/mol. The van der Waals surface area contributed by atoms with Crippen LogP contribution in [0.1, 0.15) is 32.6 Å². The first-order valence-corrected chi connectivity index (χ1v) is 5.73. The van der Waals surface area contributed by atoms with Crippen molar-refractivity contribution >= 4 is 0 Å². The molecule has 0 heterocycles. The fourth-order valence-corrected chi connectivity index (χ4v) is 2.22. The van der Waals surface area contributed by atoms with E-state index in [0.29, 0.717) is 0 Å². The fourth-order valence-electron chi connectivity index (χ4n) is 2.22. The molecule has 1 heteroatoms. The number of hydrogen-bond acceptors (Lipinski definition) is 1. The Kier molecular flexibility index (Phi) is 3.05. The van der Waals surface area contributed by atoms with Gasteiger partial charge in [-0.1, -0.05) is 12.2 Å². The molecule has 0 radical (unpaired) electrons. The van der Waals surface area contributed by atoms with E-state index in [1.807, 2.05) is 0 Å². The molecule has 0 unspecified atom stereocenters. The van der Waals surface area contributed by atoms with E-state index in [2.05, 4.69) is 24.4 Å². The third-order valence-electron chi connectivity index (χ3n) is 3.33. The predicted octanol–water partition coefficient (Wildman–Crippen LogP) is 2.59. The Morgan fingerprint density at radius 3 is 2.31 bits per heavy atom. The molecule has 1 nitrogen and oxygen atoms in total. The second-order valence-electron chi connectivity index (χ2n) is 4.57. The summed E-state index contributed by atoms with van der Waals surface area (Å²) in [6.45, 7) is 4.41. The normalized spacial score (nSPS) is 23.2. The zero-order valence-electron chi connectivity index (χ0n) is 8.63. The molecule has 2 saturated carbocycles. The van der Waals surface area contributed by atoms with E-state index >= 15 is 0 Å². The summed E-state index contributed by atoms with van der Waals surface area (Å²) in [5.74, 6) is 3.20. The van der Waals surface area contributed by atoms with Gasteiger partial charge in [0.1, 0.15) is 0 Å². The summed E-state index contributed by atoms with van der Waals surface area (Å²) in [6.07, 6.45) is 10.4. The number of hydrogen-bond donors (Lipinski definition) is 1. The topological polar surface area (TPSA) is 12.0 Å². The molecule has 0 amide bonds. The first-order chi connectivity index (χ1) is 6.42. The molecule has 0 atom stereocenters. The van der Waals surface area contributed by atoms with Crippen molar-refractivity contribution in [2.24, 2.45) is 17.8 Å². The third-order valence-corrected chi connectivity index (χ3v) is 3.33. The van der Waals surface area contributed by atoms with Gasteiger partial charge in [0.15, 0.2) is 0 Å². The van der Waals surface area contributed by atoms with Crippen molar-refractivity contribution in [2.45, 2.75) is 32.6 Å². The standard InChI is InChI=1S/C12H21N/c1-2-3-8-13-9-12(10-4-5-10)11-6-7-11/h2-3,10-13H,4-9H2,1H3/b3-2+. The summed E-state index contributed by atoms with van der Waals surface area (Å²) in [4.78, 5) is 0. The lowest BCUT2D eigenvalue weighted by Crippen LogP contribution is -2.25. The minimum absolute atomic E-state index is 1.02. The van der Waals surface area contributed by atoms with Gasteiger partial charge in [-0.15, -0.1) is 0 Å². The van der Waals surface area contributed by atoms with Gasteiger partial charge in [-0.2, -0.15) is 0 Å². The molecule has 2 aliphatic rings. The van der Waals surface area contributed by atoms with Gasteiger partial charge in [0, 0.05) is 6.54 Å². The van der Waals surface area contributed by atoms with Crippen LogP contribution in [-0.4, -0.2) is 13.1 Å². The molecule has 0 aromatic carbocycles. The lowest BCUT2D eigenvalue weighted by atomic mass is 9.98. The van der Waals surface area contributed by atoms with Gasteiger partial charge < -0.3 is 5.32 Å². The van der Waals surface area contributed by atoms with Crippen LogP contribution in [-0.2, 0) is 0 Å². The first-order valence-electron chi connectivity index (χ1n) is 5.73. The van der Waals surface area contributed by atoms with Crippen molar-refractivity contribution < 1.29 is 0 Å². The maximum absolute atomic E-state index is 3.54. The Morgan fingerprint density at radius 2 is 1.85 bits per heavy atom. The summed E-state index contributed by atoms with van der Waals surface area (Å²) in [7, 11) is 0. The fraction of sp³-hybridized carbons (Fsp3) is 0.833. The lowest BCUT2D eigenvalue weighted by molar-refractivity contribution is 0.386. The maximum Gasteiger partial charge on any atom is 0.0134 e. The molecule has 2 rings (SSSR count). The van der Waals surface area contributed by atoms with Crippen LogP contribution in [0, 0.1) is 17.8 Å². The SMILES string of the molecule is C/C=C/CNCC(C1CC1)C1CC1. The second-order valence-corrected chi connectivity index (χ2v) is 4.57. The van der Waals surface area contributed by atoms with Crippen LogP contribution >= 0.6 is 0 Å². The Bertz CT molecular complexity index is 166. The summed E-state index contributed by atoms with van der Waals surface area (Å²) in [6, 6.07) is 0. The maximum atomic E-state index is 3.54. The number of nitrogens with one attached hydrogen (secondary N) is 1. The van der Waals surface area contributed by atoms with Crippen LogP contribution in [0.15, 0.2) is 12.2 Å². The summed E-state index contributed by atoms with van der Waals surface area (Å²) in [5.41, 5.74) is 0. The van der Waals surface area contributed by atoms with E-state index in [-0.39, 0.29) is 0 Å². The molecular weight excluding hydrogens is 158 g/mol. The third kappa shape index (κ3) is 2.84. The van der Waals surface area contributed by atoms with Crippen LogP contribution in [0.3, 0.4) is 0 Å². The van der Waals surface area contributed by atoms with Crippen LogP contribution in [0.2, 0.25) is 0 Å². The molecule has 0 aliphatic heterocycles. The molecule has 1 N–H and O–H groups in total. The molecule has 74 valence electrons.